The normalized spacial score (nSPS) is 17.1. The van der Waals surface area contributed by atoms with Crippen molar-refractivity contribution in [1.82, 2.24) is 0 Å². The zero-order valence-corrected chi connectivity index (χ0v) is 9.63. The van der Waals surface area contributed by atoms with Gasteiger partial charge in [-0.25, -0.2) is 0 Å². The highest BCUT2D eigenvalue weighted by molar-refractivity contribution is 4.78. The van der Waals surface area contributed by atoms with Gasteiger partial charge in [0.2, 0.25) is 0 Å². The standard InChI is InChI=1S/C11H24O2/c1-6-9(2)10(11(3,4)5)13-8-7-12/h9-10,12H,6-8H2,1-5H3. The molecule has 0 saturated heterocycles. The van der Waals surface area contributed by atoms with Crippen LogP contribution in [0, 0.1) is 11.3 Å². The van der Waals surface area contributed by atoms with Crippen molar-refractivity contribution >= 4 is 0 Å². The predicted octanol–water partition coefficient (Wildman–Crippen LogP) is 2.46. The molecule has 0 aliphatic carbocycles. The van der Waals surface area contributed by atoms with E-state index in [1.165, 1.54) is 0 Å². The van der Waals surface area contributed by atoms with E-state index in [1.54, 1.807) is 0 Å². The van der Waals surface area contributed by atoms with Gasteiger partial charge in [-0.1, -0.05) is 41.0 Å². The molecule has 0 aromatic carbocycles. The molecule has 0 fully saturated rings. The lowest BCUT2D eigenvalue weighted by molar-refractivity contribution is -0.0618. The van der Waals surface area contributed by atoms with Crippen LogP contribution >= 0.6 is 0 Å². The van der Waals surface area contributed by atoms with Gasteiger partial charge in [-0.05, 0) is 11.3 Å². The van der Waals surface area contributed by atoms with Gasteiger partial charge < -0.3 is 9.84 Å². The van der Waals surface area contributed by atoms with Gasteiger partial charge in [0.1, 0.15) is 0 Å². The van der Waals surface area contributed by atoms with Crippen LogP contribution < -0.4 is 0 Å². The predicted molar refractivity (Wildman–Crippen MR) is 55.7 cm³/mol. The van der Waals surface area contributed by atoms with E-state index in [-0.39, 0.29) is 18.1 Å². The van der Waals surface area contributed by atoms with Crippen molar-refractivity contribution in [3.63, 3.8) is 0 Å². The highest BCUT2D eigenvalue weighted by Crippen LogP contribution is 2.29. The molecule has 0 aliphatic rings. The number of hydrogen-bond acceptors (Lipinski definition) is 2. The first-order valence-corrected chi connectivity index (χ1v) is 5.16. The molecule has 0 radical (unpaired) electrons. The molecule has 2 heteroatoms. The van der Waals surface area contributed by atoms with Gasteiger partial charge in [-0.2, -0.15) is 0 Å². The van der Waals surface area contributed by atoms with E-state index in [9.17, 15) is 0 Å². The van der Waals surface area contributed by atoms with Crippen molar-refractivity contribution in [2.75, 3.05) is 13.2 Å². The Bertz CT molecular complexity index is 127. The average molecular weight is 188 g/mol. The second-order valence-electron chi connectivity index (χ2n) is 4.77. The second-order valence-corrected chi connectivity index (χ2v) is 4.77. The first-order valence-electron chi connectivity index (χ1n) is 5.16. The van der Waals surface area contributed by atoms with Crippen LogP contribution in [0.3, 0.4) is 0 Å². The summed E-state index contributed by atoms with van der Waals surface area (Å²) < 4.78 is 5.66. The molecule has 2 nitrogen and oxygen atoms in total. The third-order valence-corrected chi connectivity index (χ3v) is 2.40. The molecule has 0 amide bonds. The fraction of sp³-hybridized carbons (Fsp3) is 1.00. The summed E-state index contributed by atoms with van der Waals surface area (Å²) in [5.74, 6) is 0.548. The Hall–Kier alpha value is -0.0800. The van der Waals surface area contributed by atoms with Gasteiger partial charge in [-0.3, -0.25) is 0 Å². The summed E-state index contributed by atoms with van der Waals surface area (Å²) in [6, 6.07) is 0. The van der Waals surface area contributed by atoms with Gasteiger partial charge in [0, 0.05) is 0 Å². The van der Waals surface area contributed by atoms with E-state index < -0.39 is 0 Å². The largest absolute Gasteiger partial charge is 0.394 e. The molecule has 1 N–H and O–H groups in total. The van der Waals surface area contributed by atoms with Crippen molar-refractivity contribution < 1.29 is 9.84 Å². The van der Waals surface area contributed by atoms with E-state index >= 15 is 0 Å². The summed E-state index contributed by atoms with van der Waals surface area (Å²) in [5.41, 5.74) is 0.157. The van der Waals surface area contributed by atoms with Crippen molar-refractivity contribution in [2.45, 2.75) is 47.1 Å². The number of rotatable bonds is 5. The van der Waals surface area contributed by atoms with Crippen LogP contribution in [0.1, 0.15) is 41.0 Å². The lowest BCUT2D eigenvalue weighted by Crippen LogP contribution is -2.35. The average Bonchev–Trinajstić information content (AvgIpc) is 2.02. The van der Waals surface area contributed by atoms with Crippen LogP contribution in [0.5, 0.6) is 0 Å². The lowest BCUT2D eigenvalue weighted by Gasteiger charge is -2.34. The molecule has 0 aromatic heterocycles. The maximum absolute atomic E-state index is 8.71. The van der Waals surface area contributed by atoms with Crippen molar-refractivity contribution in [3.05, 3.63) is 0 Å². The van der Waals surface area contributed by atoms with Crippen molar-refractivity contribution in [3.8, 4) is 0 Å². The molecule has 13 heavy (non-hydrogen) atoms. The van der Waals surface area contributed by atoms with Gasteiger partial charge in [0.05, 0.1) is 19.3 Å². The van der Waals surface area contributed by atoms with Gasteiger partial charge in [-0.15, -0.1) is 0 Å². The third kappa shape index (κ3) is 4.63. The Labute approximate surface area is 82.3 Å². The molecule has 0 aromatic rings. The Kier molecular flexibility index (Phi) is 5.57. The minimum atomic E-state index is 0.114. The number of ether oxygens (including phenoxy) is 1. The Morgan fingerprint density at radius 2 is 1.85 bits per heavy atom. The van der Waals surface area contributed by atoms with Crippen LogP contribution in [0.25, 0.3) is 0 Å². The molecule has 2 atom stereocenters. The first-order chi connectivity index (χ1) is 5.93. The number of aliphatic hydroxyl groups excluding tert-OH is 1. The minimum absolute atomic E-state index is 0.114. The molecular formula is C11H24O2. The molecule has 0 aliphatic heterocycles. The fourth-order valence-corrected chi connectivity index (χ4v) is 1.66. The molecule has 0 bridgehead atoms. The number of hydrogen-bond donors (Lipinski definition) is 1. The quantitative estimate of drug-likeness (QED) is 0.718. The molecule has 2 unspecified atom stereocenters. The third-order valence-electron chi connectivity index (χ3n) is 2.40. The van der Waals surface area contributed by atoms with Crippen LogP contribution in [0.15, 0.2) is 0 Å². The van der Waals surface area contributed by atoms with E-state index in [4.69, 9.17) is 9.84 Å². The SMILES string of the molecule is CCC(C)C(OCCO)C(C)(C)C. The molecule has 0 saturated carbocycles. The maximum atomic E-state index is 8.71. The molecule has 0 spiro atoms. The van der Waals surface area contributed by atoms with E-state index in [0.29, 0.717) is 12.5 Å². The second kappa shape index (κ2) is 5.61. The summed E-state index contributed by atoms with van der Waals surface area (Å²) in [6.45, 7) is 11.5. The van der Waals surface area contributed by atoms with Crippen LogP contribution in [-0.2, 0) is 4.74 Å². The summed E-state index contributed by atoms with van der Waals surface area (Å²) in [6.07, 6.45) is 1.36. The topological polar surface area (TPSA) is 29.5 Å². The van der Waals surface area contributed by atoms with Gasteiger partial charge >= 0.3 is 0 Å². The first kappa shape index (κ1) is 12.9. The minimum Gasteiger partial charge on any atom is -0.394 e. The van der Waals surface area contributed by atoms with Crippen LogP contribution in [-0.4, -0.2) is 24.4 Å². The molecule has 80 valence electrons. The smallest absolute Gasteiger partial charge is 0.0701 e. The highest BCUT2D eigenvalue weighted by Gasteiger charge is 2.29. The monoisotopic (exact) mass is 188 g/mol. The molecule has 0 heterocycles. The van der Waals surface area contributed by atoms with Crippen molar-refractivity contribution in [2.24, 2.45) is 11.3 Å². The Balaban J connectivity index is 4.19. The van der Waals surface area contributed by atoms with Crippen molar-refractivity contribution in [1.29, 1.82) is 0 Å². The Morgan fingerprint density at radius 1 is 1.31 bits per heavy atom. The Morgan fingerprint density at radius 3 is 2.15 bits per heavy atom. The summed E-state index contributed by atoms with van der Waals surface area (Å²) >= 11 is 0. The maximum Gasteiger partial charge on any atom is 0.0701 e. The van der Waals surface area contributed by atoms with E-state index in [0.717, 1.165) is 6.42 Å². The summed E-state index contributed by atoms with van der Waals surface area (Å²) in [7, 11) is 0. The van der Waals surface area contributed by atoms with Crippen LogP contribution in [0.4, 0.5) is 0 Å². The summed E-state index contributed by atoms with van der Waals surface area (Å²) in [4.78, 5) is 0. The summed E-state index contributed by atoms with van der Waals surface area (Å²) in [5, 5.41) is 8.71. The molecular weight excluding hydrogens is 164 g/mol. The fourth-order valence-electron chi connectivity index (χ4n) is 1.66. The highest BCUT2D eigenvalue weighted by atomic mass is 16.5. The lowest BCUT2D eigenvalue weighted by atomic mass is 9.81. The van der Waals surface area contributed by atoms with Gasteiger partial charge in [0.15, 0.2) is 0 Å². The van der Waals surface area contributed by atoms with E-state index in [2.05, 4.69) is 34.6 Å². The zero-order valence-electron chi connectivity index (χ0n) is 9.63. The van der Waals surface area contributed by atoms with E-state index in [1.807, 2.05) is 0 Å². The number of aliphatic hydroxyl groups is 1. The zero-order chi connectivity index (χ0) is 10.5. The van der Waals surface area contributed by atoms with Crippen LogP contribution in [0.2, 0.25) is 0 Å². The van der Waals surface area contributed by atoms with Gasteiger partial charge in [0.25, 0.3) is 0 Å². The molecule has 0 rings (SSSR count).